The van der Waals surface area contributed by atoms with Crippen LogP contribution in [0.25, 0.3) is 0 Å². The highest BCUT2D eigenvalue weighted by Gasteiger charge is 2.11. The third-order valence-electron chi connectivity index (χ3n) is 3.37. The quantitative estimate of drug-likeness (QED) is 0.278. The standard InChI is InChI=1S/C16H30O4/c1-3-4-5-6-7-8-9-16(18)20-14-15(10-12-17)11-13-19-2/h12,15H,3-11,13-14H2,1-2H3. The summed E-state index contributed by atoms with van der Waals surface area (Å²) in [5.41, 5.74) is 0. The van der Waals surface area contributed by atoms with Crippen molar-refractivity contribution in [3.05, 3.63) is 0 Å². The van der Waals surface area contributed by atoms with Gasteiger partial charge in [-0.1, -0.05) is 39.0 Å². The van der Waals surface area contributed by atoms with Crippen molar-refractivity contribution < 1.29 is 19.1 Å². The number of methoxy groups -OCH3 is 1. The van der Waals surface area contributed by atoms with Gasteiger partial charge >= 0.3 is 5.97 Å². The zero-order valence-corrected chi connectivity index (χ0v) is 13.1. The predicted octanol–water partition coefficient (Wildman–Crippen LogP) is 3.52. The fourth-order valence-corrected chi connectivity index (χ4v) is 2.02. The number of unbranched alkanes of at least 4 members (excludes halogenated alkanes) is 5. The molecular weight excluding hydrogens is 256 g/mol. The molecule has 0 aromatic heterocycles. The molecule has 0 saturated heterocycles. The summed E-state index contributed by atoms with van der Waals surface area (Å²) in [4.78, 5) is 22.1. The van der Waals surface area contributed by atoms with Gasteiger partial charge in [0.25, 0.3) is 0 Å². The first-order chi connectivity index (χ1) is 9.74. The zero-order valence-electron chi connectivity index (χ0n) is 13.1. The van der Waals surface area contributed by atoms with Gasteiger partial charge in [0.05, 0.1) is 6.61 Å². The fourth-order valence-electron chi connectivity index (χ4n) is 2.02. The van der Waals surface area contributed by atoms with Gasteiger partial charge in [0.2, 0.25) is 0 Å². The molecule has 118 valence electrons. The molecule has 0 aromatic rings. The van der Waals surface area contributed by atoms with Gasteiger partial charge < -0.3 is 14.3 Å². The van der Waals surface area contributed by atoms with E-state index in [4.69, 9.17) is 9.47 Å². The summed E-state index contributed by atoms with van der Waals surface area (Å²) < 4.78 is 10.2. The maximum Gasteiger partial charge on any atom is 0.305 e. The van der Waals surface area contributed by atoms with Crippen molar-refractivity contribution >= 4 is 12.3 Å². The lowest BCUT2D eigenvalue weighted by atomic mass is 10.0. The Morgan fingerprint density at radius 1 is 1.15 bits per heavy atom. The SMILES string of the molecule is CCCCCCCCC(=O)OCC(CC=O)CCOC. The maximum atomic E-state index is 11.6. The molecule has 0 N–H and O–H groups in total. The molecule has 0 radical (unpaired) electrons. The Hall–Kier alpha value is -0.900. The molecule has 4 heteroatoms. The molecule has 0 heterocycles. The topological polar surface area (TPSA) is 52.6 Å². The summed E-state index contributed by atoms with van der Waals surface area (Å²) >= 11 is 0. The molecular formula is C16H30O4. The summed E-state index contributed by atoms with van der Waals surface area (Å²) in [6, 6.07) is 0. The molecule has 20 heavy (non-hydrogen) atoms. The van der Waals surface area contributed by atoms with Gasteiger partial charge in [-0.2, -0.15) is 0 Å². The minimum Gasteiger partial charge on any atom is -0.465 e. The number of hydrogen-bond acceptors (Lipinski definition) is 4. The number of rotatable bonds is 14. The van der Waals surface area contributed by atoms with Crippen molar-refractivity contribution in [1.82, 2.24) is 0 Å². The van der Waals surface area contributed by atoms with Crippen LogP contribution in [0.1, 0.15) is 64.7 Å². The van der Waals surface area contributed by atoms with E-state index in [1.54, 1.807) is 7.11 Å². The van der Waals surface area contributed by atoms with E-state index in [1.807, 2.05) is 0 Å². The average Bonchev–Trinajstić information content (AvgIpc) is 2.45. The normalized spacial score (nSPS) is 12.1. The lowest BCUT2D eigenvalue weighted by molar-refractivity contribution is -0.145. The van der Waals surface area contributed by atoms with E-state index in [0.29, 0.717) is 26.1 Å². The average molecular weight is 286 g/mol. The Morgan fingerprint density at radius 2 is 1.85 bits per heavy atom. The third-order valence-corrected chi connectivity index (χ3v) is 3.37. The van der Waals surface area contributed by atoms with Crippen LogP contribution in [0.4, 0.5) is 0 Å². The van der Waals surface area contributed by atoms with Gasteiger partial charge in [-0.05, 0) is 12.8 Å². The van der Waals surface area contributed by atoms with Crippen LogP contribution in [-0.4, -0.2) is 32.6 Å². The van der Waals surface area contributed by atoms with E-state index < -0.39 is 0 Å². The van der Waals surface area contributed by atoms with Gasteiger partial charge in [-0.3, -0.25) is 4.79 Å². The highest BCUT2D eigenvalue weighted by Crippen LogP contribution is 2.10. The van der Waals surface area contributed by atoms with Crippen molar-refractivity contribution in [3.63, 3.8) is 0 Å². The number of carbonyl (C=O) groups excluding carboxylic acids is 2. The maximum absolute atomic E-state index is 11.6. The molecule has 1 atom stereocenters. The number of ether oxygens (including phenoxy) is 2. The van der Waals surface area contributed by atoms with Crippen molar-refractivity contribution in [2.75, 3.05) is 20.3 Å². The van der Waals surface area contributed by atoms with Crippen LogP contribution in [0, 0.1) is 5.92 Å². The number of hydrogen-bond donors (Lipinski definition) is 0. The molecule has 4 nitrogen and oxygen atoms in total. The van der Waals surface area contributed by atoms with Gasteiger partial charge in [0.1, 0.15) is 6.29 Å². The lowest BCUT2D eigenvalue weighted by Crippen LogP contribution is -2.16. The van der Waals surface area contributed by atoms with E-state index in [1.165, 1.54) is 25.7 Å². The van der Waals surface area contributed by atoms with Crippen LogP contribution in [-0.2, 0) is 19.1 Å². The predicted molar refractivity (Wildman–Crippen MR) is 79.6 cm³/mol. The second kappa shape index (κ2) is 14.5. The summed E-state index contributed by atoms with van der Waals surface area (Å²) in [5, 5.41) is 0. The van der Waals surface area contributed by atoms with Crippen LogP contribution in [0.15, 0.2) is 0 Å². The smallest absolute Gasteiger partial charge is 0.305 e. The second-order valence-electron chi connectivity index (χ2n) is 5.25. The number of carbonyl (C=O) groups is 2. The molecule has 1 unspecified atom stereocenters. The first-order valence-corrected chi connectivity index (χ1v) is 7.82. The van der Waals surface area contributed by atoms with Gasteiger partial charge in [0.15, 0.2) is 0 Å². The molecule has 0 aliphatic carbocycles. The molecule has 0 bridgehead atoms. The van der Waals surface area contributed by atoms with E-state index >= 15 is 0 Å². The zero-order chi connectivity index (χ0) is 15.1. The van der Waals surface area contributed by atoms with Crippen LogP contribution in [0.3, 0.4) is 0 Å². The minimum atomic E-state index is -0.145. The Labute approximate surface area is 123 Å². The van der Waals surface area contributed by atoms with Crippen LogP contribution < -0.4 is 0 Å². The van der Waals surface area contributed by atoms with Crippen molar-refractivity contribution in [2.24, 2.45) is 5.92 Å². The van der Waals surface area contributed by atoms with Crippen LogP contribution in [0.5, 0.6) is 0 Å². The molecule has 0 amide bonds. The molecule has 0 saturated carbocycles. The fraction of sp³-hybridized carbons (Fsp3) is 0.875. The van der Waals surface area contributed by atoms with Gasteiger partial charge in [-0.25, -0.2) is 0 Å². The summed E-state index contributed by atoms with van der Waals surface area (Å²) in [6.45, 7) is 3.11. The van der Waals surface area contributed by atoms with Crippen molar-refractivity contribution in [1.29, 1.82) is 0 Å². The Bertz CT molecular complexity index is 241. The van der Waals surface area contributed by atoms with Gasteiger partial charge in [-0.15, -0.1) is 0 Å². The van der Waals surface area contributed by atoms with E-state index in [0.717, 1.165) is 25.5 Å². The van der Waals surface area contributed by atoms with E-state index in [9.17, 15) is 9.59 Å². The van der Waals surface area contributed by atoms with Crippen molar-refractivity contribution in [3.8, 4) is 0 Å². The first-order valence-electron chi connectivity index (χ1n) is 7.82. The van der Waals surface area contributed by atoms with Crippen LogP contribution in [0.2, 0.25) is 0 Å². The lowest BCUT2D eigenvalue weighted by Gasteiger charge is -2.13. The molecule has 0 aromatic carbocycles. The molecule has 0 aliphatic heterocycles. The molecule has 0 aliphatic rings. The van der Waals surface area contributed by atoms with E-state index in [-0.39, 0.29) is 11.9 Å². The summed E-state index contributed by atoms with van der Waals surface area (Å²) in [6.07, 6.45) is 9.50. The first kappa shape index (κ1) is 19.1. The highest BCUT2D eigenvalue weighted by molar-refractivity contribution is 5.69. The van der Waals surface area contributed by atoms with Crippen LogP contribution >= 0.6 is 0 Å². The molecule has 0 rings (SSSR count). The van der Waals surface area contributed by atoms with E-state index in [2.05, 4.69) is 6.92 Å². The Balaban J connectivity index is 3.59. The number of esters is 1. The number of aldehydes is 1. The third kappa shape index (κ3) is 12.2. The monoisotopic (exact) mass is 286 g/mol. The summed E-state index contributed by atoms with van der Waals surface area (Å²) in [5.74, 6) is -0.0604. The minimum absolute atomic E-state index is 0.0842. The molecule has 0 fully saturated rings. The largest absolute Gasteiger partial charge is 0.465 e. The second-order valence-corrected chi connectivity index (χ2v) is 5.25. The summed E-state index contributed by atoms with van der Waals surface area (Å²) in [7, 11) is 1.63. The Kier molecular flexibility index (Phi) is 13.9. The Morgan fingerprint density at radius 3 is 2.50 bits per heavy atom. The highest BCUT2D eigenvalue weighted by atomic mass is 16.5. The molecule has 0 spiro atoms. The van der Waals surface area contributed by atoms with Crippen molar-refractivity contribution in [2.45, 2.75) is 64.7 Å². The van der Waals surface area contributed by atoms with Gasteiger partial charge in [0, 0.05) is 32.5 Å².